The predicted octanol–water partition coefficient (Wildman–Crippen LogP) is 1.30. The summed E-state index contributed by atoms with van der Waals surface area (Å²) in [7, 11) is 0. The zero-order valence-corrected chi connectivity index (χ0v) is 13.5. The van der Waals surface area contributed by atoms with Gasteiger partial charge in [-0.05, 0) is 31.9 Å². The van der Waals surface area contributed by atoms with Crippen molar-refractivity contribution in [2.24, 2.45) is 11.8 Å². The van der Waals surface area contributed by atoms with Crippen LogP contribution in [-0.2, 0) is 19.1 Å². The van der Waals surface area contributed by atoms with Gasteiger partial charge in [0, 0.05) is 6.20 Å². The molecule has 0 spiro atoms. The first-order valence-corrected chi connectivity index (χ1v) is 8.21. The second-order valence-corrected chi connectivity index (χ2v) is 6.33. The first-order valence-electron chi connectivity index (χ1n) is 8.21. The van der Waals surface area contributed by atoms with Gasteiger partial charge in [0.15, 0.2) is 6.61 Å². The second-order valence-electron chi connectivity index (χ2n) is 6.33. The molecule has 24 heavy (non-hydrogen) atoms. The molecule has 2 fully saturated rings. The Kier molecular flexibility index (Phi) is 4.51. The molecule has 1 aromatic heterocycles. The summed E-state index contributed by atoms with van der Waals surface area (Å²) in [6, 6.07) is 2.24. The van der Waals surface area contributed by atoms with Gasteiger partial charge in [0.05, 0.1) is 17.5 Å². The van der Waals surface area contributed by atoms with Crippen molar-refractivity contribution < 1.29 is 23.9 Å². The van der Waals surface area contributed by atoms with Gasteiger partial charge in [0.2, 0.25) is 17.6 Å². The highest BCUT2D eigenvalue weighted by atomic mass is 16.5. The molecule has 1 aliphatic heterocycles. The van der Waals surface area contributed by atoms with Gasteiger partial charge in [0.25, 0.3) is 0 Å². The number of ketones is 1. The van der Waals surface area contributed by atoms with Crippen LogP contribution in [0, 0.1) is 11.8 Å². The minimum atomic E-state index is -1.01. The summed E-state index contributed by atoms with van der Waals surface area (Å²) in [6.07, 6.45) is 4.84. The third-order valence-corrected chi connectivity index (χ3v) is 4.85. The quantitative estimate of drug-likeness (QED) is 0.498. The molecule has 0 bridgehead atoms. The van der Waals surface area contributed by atoms with Crippen molar-refractivity contribution in [3.8, 4) is 0 Å². The normalized spacial score (nSPS) is 24.6. The van der Waals surface area contributed by atoms with Crippen LogP contribution in [0.5, 0.6) is 0 Å². The maximum absolute atomic E-state index is 12.4. The summed E-state index contributed by atoms with van der Waals surface area (Å²) in [4.78, 5) is 52.7. The van der Waals surface area contributed by atoms with E-state index in [1.165, 1.54) is 6.92 Å². The molecular weight excluding hydrogens is 312 g/mol. The fourth-order valence-corrected chi connectivity index (χ4v) is 3.51. The lowest BCUT2D eigenvalue weighted by Crippen LogP contribution is -2.44. The third kappa shape index (κ3) is 2.86. The Bertz CT molecular complexity index is 643. The standard InChI is InChI=1S/C17H20N2O5/c1-10(17(23)24-9-14(20)13-7-4-8-18-13)19-15(21)11-5-2-3-6-12(11)16(19)22/h4,7-8,10-12,18H,2-3,5-6,9H2,1H3/t10-,11?,12?/m0/s1. The molecule has 128 valence electrons. The highest BCUT2D eigenvalue weighted by molar-refractivity contribution is 6.08. The SMILES string of the molecule is C[C@@H](C(=O)OCC(=O)c1ccc[nH]1)N1C(=O)C2CCCCC2C1=O. The van der Waals surface area contributed by atoms with E-state index in [4.69, 9.17) is 4.74 Å². The van der Waals surface area contributed by atoms with Crippen molar-refractivity contribution in [2.45, 2.75) is 38.6 Å². The van der Waals surface area contributed by atoms with Gasteiger partial charge in [-0.25, -0.2) is 4.79 Å². The van der Waals surface area contributed by atoms with Crippen molar-refractivity contribution >= 4 is 23.6 Å². The van der Waals surface area contributed by atoms with Crippen molar-refractivity contribution in [3.05, 3.63) is 24.0 Å². The molecule has 2 heterocycles. The number of rotatable bonds is 5. The molecule has 1 saturated carbocycles. The summed E-state index contributed by atoms with van der Waals surface area (Å²) >= 11 is 0. The zero-order chi connectivity index (χ0) is 17.3. The smallest absolute Gasteiger partial charge is 0.329 e. The molecule has 0 radical (unpaired) electrons. The fourth-order valence-electron chi connectivity index (χ4n) is 3.51. The van der Waals surface area contributed by atoms with Crippen LogP contribution in [0.15, 0.2) is 18.3 Å². The van der Waals surface area contributed by atoms with Gasteiger partial charge < -0.3 is 9.72 Å². The predicted molar refractivity (Wildman–Crippen MR) is 82.8 cm³/mol. The first kappa shape index (κ1) is 16.4. The number of Topliss-reactive ketones (excluding diaryl/α,β-unsaturated/α-hetero) is 1. The lowest BCUT2D eigenvalue weighted by atomic mass is 9.81. The Morgan fingerprint density at radius 1 is 1.25 bits per heavy atom. The van der Waals surface area contributed by atoms with Crippen LogP contribution in [0.3, 0.4) is 0 Å². The van der Waals surface area contributed by atoms with Crippen molar-refractivity contribution in [1.29, 1.82) is 0 Å². The van der Waals surface area contributed by atoms with E-state index in [9.17, 15) is 19.2 Å². The van der Waals surface area contributed by atoms with E-state index in [2.05, 4.69) is 4.98 Å². The highest BCUT2D eigenvalue weighted by Gasteiger charge is 2.51. The van der Waals surface area contributed by atoms with Gasteiger partial charge in [-0.3, -0.25) is 19.3 Å². The van der Waals surface area contributed by atoms with Crippen molar-refractivity contribution in [3.63, 3.8) is 0 Å². The monoisotopic (exact) mass is 332 g/mol. The molecule has 1 N–H and O–H groups in total. The number of hydrogen-bond donors (Lipinski definition) is 1. The molecule has 3 rings (SSSR count). The summed E-state index contributed by atoms with van der Waals surface area (Å²) < 4.78 is 5.00. The molecule has 7 nitrogen and oxygen atoms in total. The molecule has 0 aromatic carbocycles. The molecule has 3 atom stereocenters. The highest BCUT2D eigenvalue weighted by Crippen LogP contribution is 2.38. The van der Waals surface area contributed by atoms with E-state index in [0.29, 0.717) is 18.5 Å². The van der Waals surface area contributed by atoms with E-state index < -0.39 is 18.6 Å². The Morgan fingerprint density at radius 2 is 1.88 bits per heavy atom. The number of nitrogens with zero attached hydrogens (tertiary/aromatic N) is 1. The number of H-pyrrole nitrogens is 1. The van der Waals surface area contributed by atoms with Gasteiger partial charge >= 0.3 is 5.97 Å². The average Bonchev–Trinajstić information content (AvgIpc) is 3.20. The zero-order valence-electron chi connectivity index (χ0n) is 13.5. The van der Waals surface area contributed by atoms with Crippen LogP contribution in [0.4, 0.5) is 0 Å². The number of likely N-dealkylation sites (tertiary alicyclic amines) is 1. The summed E-state index contributed by atoms with van der Waals surface area (Å²) in [6.45, 7) is 1.04. The van der Waals surface area contributed by atoms with Crippen molar-refractivity contribution in [1.82, 2.24) is 9.88 Å². The third-order valence-electron chi connectivity index (χ3n) is 4.85. The fraction of sp³-hybridized carbons (Fsp3) is 0.529. The number of esters is 1. The van der Waals surface area contributed by atoms with E-state index >= 15 is 0 Å². The summed E-state index contributed by atoms with van der Waals surface area (Å²) in [5, 5.41) is 0. The number of ether oxygens (including phenoxy) is 1. The number of carbonyl (C=O) groups is 4. The number of nitrogens with one attached hydrogen (secondary N) is 1. The molecule has 2 amide bonds. The number of fused-ring (bicyclic) bond motifs is 1. The second kappa shape index (κ2) is 6.59. The molecule has 2 unspecified atom stereocenters. The van der Waals surface area contributed by atoms with E-state index in [-0.39, 0.29) is 29.4 Å². The first-order chi connectivity index (χ1) is 11.5. The Morgan fingerprint density at radius 3 is 2.42 bits per heavy atom. The van der Waals surface area contributed by atoms with Crippen LogP contribution in [-0.4, -0.2) is 46.1 Å². The van der Waals surface area contributed by atoms with Crippen LogP contribution in [0.2, 0.25) is 0 Å². The Labute approximate surface area is 139 Å². The van der Waals surface area contributed by atoms with Gasteiger partial charge in [0.1, 0.15) is 6.04 Å². The molecule has 1 saturated heterocycles. The molecular formula is C17H20N2O5. The number of amides is 2. The van der Waals surface area contributed by atoms with Gasteiger partial charge in [-0.15, -0.1) is 0 Å². The van der Waals surface area contributed by atoms with Gasteiger partial charge in [-0.2, -0.15) is 0 Å². The number of aromatic amines is 1. The molecule has 2 aliphatic rings. The van der Waals surface area contributed by atoms with E-state index in [1.807, 2.05) is 0 Å². The molecule has 1 aliphatic carbocycles. The van der Waals surface area contributed by atoms with Crippen LogP contribution in [0.25, 0.3) is 0 Å². The summed E-state index contributed by atoms with van der Waals surface area (Å²) in [5.41, 5.74) is 0.342. The largest absolute Gasteiger partial charge is 0.456 e. The van der Waals surface area contributed by atoms with Crippen LogP contribution < -0.4 is 0 Å². The Hall–Kier alpha value is -2.44. The maximum Gasteiger partial charge on any atom is 0.329 e. The number of aromatic nitrogens is 1. The van der Waals surface area contributed by atoms with E-state index in [0.717, 1.165) is 17.7 Å². The minimum Gasteiger partial charge on any atom is -0.456 e. The number of hydrogen-bond acceptors (Lipinski definition) is 5. The van der Waals surface area contributed by atoms with Crippen LogP contribution >= 0.6 is 0 Å². The molecule has 7 heteroatoms. The van der Waals surface area contributed by atoms with Crippen molar-refractivity contribution in [2.75, 3.05) is 6.61 Å². The lowest BCUT2D eigenvalue weighted by Gasteiger charge is -2.21. The number of imide groups is 1. The molecule has 1 aromatic rings. The topological polar surface area (TPSA) is 96.5 Å². The number of carbonyl (C=O) groups excluding carboxylic acids is 4. The lowest BCUT2D eigenvalue weighted by molar-refractivity contribution is -0.157. The summed E-state index contributed by atoms with van der Waals surface area (Å²) in [5.74, 6) is -2.29. The van der Waals surface area contributed by atoms with Crippen LogP contribution in [0.1, 0.15) is 43.1 Å². The average molecular weight is 332 g/mol. The Balaban J connectivity index is 1.62. The van der Waals surface area contributed by atoms with Gasteiger partial charge in [-0.1, -0.05) is 12.8 Å². The maximum atomic E-state index is 12.4. The van der Waals surface area contributed by atoms with E-state index in [1.54, 1.807) is 18.3 Å². The minimum absolute atomic E-state index is 0.287.